The summed E-state index contributed by atoms with van der Waals surface area (Å²) in [4.78, 5) is 46.8. The second kappa shape index (κ2) is 17.7. The zero-order valence-electron chi connectivity index (χ0n) is 18.9. The summed E-state index contributed by atoms with van der Waals surface area (Å²) < 4.78 is 15.3. The number of aliphatic carboxylic acids is 1. The summed E-state index contributed by atoms with van der Waals surface area (Å²) >= 11 is 0. The van der Waals surface area contributed by atoms with Crippen LogP contribution in [0.2, 0.25) is 0 Å². The minimum Gasteiger partial charge on any atom is -0.480 e. The molecule has 0 aliphatic heterocycles. The Labute approximate surface area is 204 Å². The van der Waals surface area contributed by atoms with E-state index in [1.807, 2.05) is 30.3 Å². The number of esters is 3. The van der Waals surface area contributed by atoms with Gasteiger partial charge in [-0.3, -0.25) is 19.2 Å². The average Bonchev–Trinajstić information content (AvgIpc) is 2.79. The molecule has 0 spiro atoms. The van der Waals surface area contributed by atoms with Gasteiger partial charge in [-0.05, 0) is 37.8 Å². The highest BCUT2D eigenvalue weighted by Crippen LogP contribution is 2.07. The highest BCUT2D eigenvalue weighted by molar-refractivity contribution is 5.85. The zero-order valence-corrected chi connectivity index (χ0v) is 19.7. The van der Waals surface area contributed by atoms with Gasteiger partial charge in [0.05, 0.1) is 6.42 Å². The summed E-state index contributed by atoms with van der Waals surface area (Å²) in [6.07, 6.45) is 0.563. The lowest BCUT2D eigenvalue weighted by Crippen LogP contribution is -2.39. The number of rotatable bonds is 16. The number of halogens is 1. The van der Waals surface area contributed by atoms with Crippen molar-refractivity contribution in [2.24, 2.45) is 17.2 Å². The molecule has 0 amide bonds. The van der Waals surface area contributed by atoms with Crippen molar-refractivity contribution in [3.63, 3.8) is 0 Å². The Morgan fingerprint density at radius 3 is 2.12 bits per heavy atom. The average molecular weight is 504 g/mol. The van der Waals surface area contributed by atoms with E-state index < -0.39 is 55.1 Å². The van der Waals surface area contributed by atoms with E-state index in [2.05, 4.69) is 0 Å². The Morgan fingerprint density at radius 1 is 0.912 bits per heavy atom. The molecule has 1 aromatic rings. The van der Waals surface area contributed by atoms with E-state index in [0.717, 1.165) is 5.56 Å². The largest absolute Gasteiger partial charge is 0.480 e. The maximum absolute atomic E-state index is 12.2. The molecule has 2 unspecified atom stereocenters. The maximum Gasteiger partial charge on any atom is 0.323 e. The van der Waals surface area contributed by atoms with Crippen molar-refractivity contribution in [3.8, 4) is 0 Å². The van der Waals surface area contributed by atoms with Crippen molar-refractivity contribution in [1.82, 2.24) is 0 Å². The highest BCUT2D eigenvalue weighted by Gasteiger charge is 2.24. The Hall–Kier alpha value is -2.73. The quantitative estimate of drug-likeness (QED) is 0.179. The van der Waals surface area contributed by atoms with Gasteiger partial charge in [0.25, 0.3) is 0 Å². The first-order valence-electron chi connectivity index (χ1n) is 10.7. The van der Waals surface area contributed by atoms with Gasteiger partial charge in [-0.15, -0.1) is 12.4 Å². The molecular weight excluding hydrogens is 470 g/mol. The molecule has 1 rings (SSSR count). The van der Waals surface area contributed by atoms with Gasteiger partial charge in [0, 0.05) is 6.42 Å². The summed E-state index contributed by atoms with van der Waals surface area (Å²) in [5.41, 5.74) is 17.5. The minimum atomic E-state index is -1.43. The van der Waals surface area contributed by atoms with Crippen LogP contribution in [0, 0.1) is 0 Å². The number of carbonyl (C=O) groups is 4. The summed E-state index contributed by atoms with van der Waals surface area (Å²) in [5.74, 6) is -3.51. The lowest BCUT2D eigenvalue weighted by atomic mass is 10.1. The Kier molecular flexibility index (Phi) is 16.3. The molecule has 192 valence electrons. The van der Waals surface area contributed by atoms with Gasteiger partial charge in [-0.2, -0.15) is 0 Å². The van der Waals surface area contributed by atoms with Crippen LogP contribution in [-0.4, -0.2) is 66.9 Å². The molecule has 34 heavy (non-hydrogen) atoms. The fourth-order valence-corrected chi connectivity index (χ4v) is 2.67. The zero-order chi connectivity index (χ0) is 24.6. The second-order valence-electron chi connectivity index (χ2n) is 7.45. The van der Waals surface area contributed by atoms with Gasteiger partial charge in [0.1, 0.15) is 25.3 Å². The van der Waals surface area contributed by atoms with Crippen molar-refractivity contribution in [3.05, 3.63) is 35.9 Å². The summed E-state index contributed by atoms with van der Waals surface area (Å²) in [6, 6.07) is 7.28. The van der Waals surface area contributed by atoms with Gasteiger partial charge in [-0.1, -0.05) is 30.3 Å². The van der Waals surface area contributed by atoms with Crippen molar-refractivity contribution in [2.45, 2.75) is 56.7 Å². The van der Waals surface area contributed by atoms with E-state index >= 15 is 0 Å². The molecule has 1 aromatic carbocycles. The third-order valence-electron chi connectivity index (χ3n) is 4.56. The smallest absolute Gasteiger partial charge is 0.323 e. The molecular formula is C22H34ClN3O8. The summed E-state index contributed by atoms with van der Waals surface area (Å²) in [7, 11) is 0. The lowest BCUT2D eigenvalue weighted by Gasteiger charge is -2.20. The third-order valence-corrected chi connectivity index (χ3v) is 4.56. The van der Waals surface area contributed by atoms with E-state index in [0.29, 0.717) is 32.2 Å². The molecule has 11 nitrogen and oxygen atoms in total. The lowest BCUT2D eigenvalue weighted by molar-refractivity contribution is -0.168. The molecule has 0 aliphatic rings. The number of hydrogen-bond acceptors (Lipinski definition) is 10. The van der Waals surface area contributed by atoms with Crippen LogP contribution in [0.15, 0.2) is 30.3 Å². The molecule has 0 fully saturated rings. The fourth-order valence-electron chi connectivity index (χ4n) is 2.67. The van der Waals surface area contributed by atoms with E-state index in [4.69, 9.17) is 36.5 Å². The molecule has 12 heteroatoms. The molecule has 0 heterocycles. The number of benzene rings is 1. The van der Waals surface area contributed by atoms with Gasteiger partial charge < -0.3 is 36.5 Å². The van der Waals surface area contributed by atoms with E-state index in [1.165, 1.54) is 0 Å². The summed E-state index contributed by atoms with van der Waals surface area (Å²) in [6.45, 7) is -0.442. The van der Waals surface area contributed by atoms with Crippen LogP contribution < -0.4 is 17.2 Å². The normalized spacial score (nSPS) is 13.0. The molecule has 0 bridgehead atoms. The van der Waals surface area contributed by atoms with E-state index in [-0.39, 0.29) is 25.4 Å². The van der Waals surface area contributed by atoms with Crippen molar-refractivity contribution < 1.29 is 38.5 Å². The Balaban J connectivity index is 0.0000109. The number of nitrogens with two attached hydrogens (primary N) is 3. The monoisotopic (exact) mass is 503 g/mol. The molecule has 0 saturated heterocycles. The molecule has 3 atom stereocenters. The fraction of sp³-hybridized carbons (Fsp3) is 0.545. The van der Waals surface area contributed by atoms with Crippen LogP contribution in [0.3, 0.4) is 0 Å². The van der Waals surface area contributed by atoms with Gasteiger partial charge >= 0.3 is 23.9 Å². The first-order chi connectivity index (χ1) is 15.7. The Bertz CT molecular complexity index is 766. The minimum absolute atomic E-state index is 0. The topological polar surface area (TPSA) is 194 Å². The number of carboxylic acids is 1. The second-order valence-corrected chi connectivity index (χ2v) is 7.45. The van der Waals surface area contributed by atoms with Gasteiger partial charge in [-0.25, -0.2) is 0 Å². The van der Waals surface area contributed by atoms with Gasteiger partial charge in [0.15, 0.2) is 6.10 Å². The van der Waals surface area contributed by atoms with Crippen molar-refractivity contribution >= 4 is 36.3 Å². The number of aryl methyl sites for hydroxylation is 1. The van der Waals surface area contributed by atoms with E-state index in [9.17, 15) is 19.2 Å². The van der Waals surface area contributed by atoms with Crippen LogP contribution in [0.5, 0.6) is 0 Å². The molecule has 0 aromatic heterocycles. The highest BCUT2D eigenvalue weighted by atomic mass is 35.5. The standard InChI is InChI=1S/C22H33N3O8.ClH/c23-11-5-9-17(24)22(30)33-16(14-32-20(27)12-18(25)21(28)29)13-31-19(26)10-4-8-15-6-2-1-3-7-15;/h1-3,6-7,16-18H,4-5,8-14,23-25H2,(H,28,29);1H/t16?,17?,18-;/m0./s1. The number of carboxylic acid groups (broad SMARTS) is 1. The van der Waals surface area contributed by atoms with Crippen LogP contribution in [0.4, 0.5) is 0 Å². The van der Waals surface area contributed by atoms with Gasteiger partial charge in [0.2, 0.25) is 0 Å². The van der Waals surface area contributed by atoms with Crippen LogP contribution in [0.1, 0.15) is 37.7 Å². The number of ether oxygens (including phenoxy) is 3. The van der Waals surface area contributed by atoms with Crippen LogP contribution >= 0.6 is 12.4 Å². The third kappa shape index (κ3) is 13.7. The number of hydrogen-bond donors (Lipinski definition) is 4. The van der Waals surface area contributed by atoms with Crippen LogP contribution in [0.25, 0.3) is 0 Å². The predicted octanol–water partition coefficient (Wildman–Crippen LogP) is 0.298. The maximum atomic E-state index is 12.2. The molecule has 7 N–H and O–H groups in total. The molecule has 0 aliphatic carbocycles. The SMILES string of the molecule is Cl.NCCCC(N)C(=O)OC(COC(=O)CCCc1ccccc1)COC(=O)C[C@H](N)C(=O)O. The summed E-state index contributed by atoms with van der Waals surface area (Å²) in [5, 5.41) is 8.77. The van der Waals surface area contributed by atoms with Crippen molar-refractivity contribution in [2.75, 3.05) is 19.8 Å². The molecule has 0 saturated carbocycles. The number of carbonyl (C=O) groups excluding carboxylic acids is 3. The van der Waals surface area contributed by atoms with Crippen molar-refractivity contribution in [1.29, 1.82) is 0 Å². The Morgan fingerprint density at radius 2 is 1.53 bits per heavy atom. The van der Waals surface area contributed by atoms with Crippen LogP contribution in [-0.2, 0) is 39.8 Å². The van der Waals surface area contributed by atoms with E-state index in [1.54, 1.807) is 0 Å². The first-order valence-corrected chi connectivity index (χ1v) is 10.7. The predicted molar refractivity (Wildman–Crippen MR) is 125 cm³/mol. The molecule has 0 radical (unpaired) electrons. The first kappa shape index (κ1) is 31.3.